The molecule has 0 atom stereocenters. The second-order valence-electron chi connectivity index (χ2n) is 6.69. The highest BCUT2D eigenvalue weighted by Gasteiger charge is 2.13. The van der Waals surface area contributed by atoms with Gasteiger partial charge in [0.05, 0.1) is 24.4 Å². The van der Waals surface area contributed by atoms with Crippen molar-refractivity contribution < 1.29 is 14.3 Å². The van der Waals surface area contributed by atoms with E-state index in [0.717, 1.165) is 11.3 Å². The third kappa shape index (κ3) is 7.18. The minimum Gasteiger partial charge on any atom is -0.490 e. The maximum absolute atomic E-state index is 12.0. The number of anilines is 1. The molecule has 8 heteroatoms. The number of ether oxygens (including phenoxy) is 2. The van der Waals surface area contributed by atoms with Crippen LogP contribution in [0, 0.1) is 0 Å². The minimum absolute atomic E-state index is 0.101. The lowest BCUT2D eigenvalue weighted by molar-refractivity contribution is -0.119. The highest BCUT2D eigenvalue weighted by molar-refractivity contribution is 6.32. The van der Waals surface area contributed by atoms with Gasteiger partial charge < -0.3 is 14.8 Å². The predicted molar refractivity (Wildman–Crippen MR) is 129 cm³/mol. The van der Waals surface area contributed by atoms with Crippen molar-refractivity contribution in [2.45, 2.75) is 13.5 Å². The van der Waals surface area contributed by atoms with Crippen LogP contribution < -0.4 is 20.2 Å². The zero-order valence-electron chi connectivity index (χ0n) is 17.5. The summed E-state index contributed by atoms with van der Waals surface area (Å²) in [7, 11) is 0. The summed E-state index contributed by atoms with van der Waals surface area (Å²) in [5.74, 6) is 0.661. The van der Waals surface area contributed by atoms with Crippen LogP contribution in [0.5, 0.6) is 11.5 Å². The SMILES string of the molecule is CCOc1cc(/C=N\NC(=O)CNc2ccccc2)cc(Cl)c1OCc1ccc(Cl)cc1. The molecule has 32 heavy (non-hydrogen) atoms. The van der Waals surface area contributed by atoms with Crippen LogP contribution in [0.1, 0.15) is 18.1 Å². The second kappa shape index (κ2) is 12.0. The van der Waals surface area contributed by atoms with E-state index in [9.17, 15) is 4.79 Å². The Kier molecular flexibility index (Phi) is 8.78. The number of carbonyl (C=O) groups is 1. The molecule has 0 spiro atoms. The average molecular weight is 472 g/mol. The van der Waals surface area contributed by atoms with E-state index in [1.54, 1.807) is 24.3 Å². The van der Waals surface area contributed by atoms with Crippen molar-refractivity contribution in [2.75, 3.05) is 18.5 Å². The van der Waals surface area contributed by atoms with Crippen molar-refractivity contribution in [3.8, 4) is 11.5 Å². The van der Waals surface area contributed by atoms with Crippen LogP contribution in [0.25, 0.3) is 0 Å². The van der Waals surface area contributed by atoms with Gasteiger partial charge in [-0.2, -0.15) is 5.10 Å². The van der Waals surface area contributed by atoms with Crippen molar-refractivity contribution >= 4 is 41.0 Å². The van der Waals surface area contributed by atoms with E-state index in [0.29, 0.717) is 40.3 Å². The summed E-state index contributed by atoms with van der Waals surface area (Å²) in [6.45, 7) is 2.73. The molecule has 0 fully saturated rings. The minimum atomic E-state index is -0.274. The number of nitrogens with zero attached hydrogens (tertiary/aromatic N) is 1. The van der Waals surface area contributed by atoms with Crippen LogP contribution in [0.15, 0.2) is 71.8 Å². The fourth-order valence-electron chi connectivity index (χ4n) is 2.76. The molecule has 0 heterocycles. The summed E-state index contributed by atoms with van der Waals surface area (Å²) >= 11 is 12.4. The fourth-order valence-corrected chi connectivity index (χ4v) is 3.16. The number of hydrogen-bond donors (Lipinski definition) is 2. The molecule has 0 bridgehead atoms. The van der Waals surface area contributed by atoms with E-state index in [1.807, 2.05) is 49.4 Å². The van der Waals surface area contributed by atoms with Gasteiger partial charge in [0.2, 0.25) is 0 Å². The first-order chi connectivity index (χ1) is 15.5. The van der Waals surface area contributed by atoms with Crippen molar-refractivity contribution in [2.24, 2.45) is 5.10 Å². The summed E-state index contributed by atoms with van der Waals surface area (Å²) in [4.78, 5) is 12.0. The smallest absolute Gasteiger partial charge is 0.259 e. The Bertz CT molecular complexity index is 1060. The van der Waals surface area contributed by atoms with Crippen molar-refractivity contribution in [1.29, 1.82) is 0 Å². The number of rotatable bonds is 10. The summed E-state index contributed by atoms with van der Waals surface area (Å²) in [6, 6.07) is 20.3. The molecular weight excluding hydrogens is 449 g/mol. The van der Waals surface area contributed by atoms with Gasteiger partial charge in [-0.25, -0.2) is 5.43 Å². The number of carbonyl (C=O) groups excluding carboxylic acids is 1. The molecule has 3 rings (SSSR count). The zero-order valence-corrected chi connectivity index (χ0v) is 19.0. The van der Waals surface area contributed by atoms with Gasteiger partial charge in [0, 0.05) is 10.7 Å². The van der Waals surface area contributed by atoms with Gasteiger partial charge in [0.1, 0.15) is 6.61 Å². The van der Waals surface area contributed by atoms with Gasteiger partial charge in [-0.1, -0.05) is 53.5 Å². The average Bonchev–Trinajstić information content (AvgIpc) is 2.79. The molecule has 0 saturated heterocycles. The maximum atomic E-state index is 12.0. The quantitative estimate of drug-likeness (QED) is 0.301. The Hall–Kier alpha value is -3.22. The molecule has 0 aromatic heterocycles. The van der Waals surface area contributed by atoms with Crippen LogP contribution in [0.2, 0.25) is 10.0 Å². The molecule has 0 radical (unpaired) electrons. The van der Waals surface area contributed by atoms with Gasteiger partial charge in [-0.05, 0) is 54.4 Å². The summed E-state index contributed by atoms with van der Waals surface area (Å²) < 4.78 is 11.6. The van der Waals surface area contributed by atoms with Crippen LogP contribution in [-0.4, -0.2) is 25.3 Å². The van der Waals surface area contributed by atoms with Crippen LogP contribution in [0.4, 0.5) is 5.69 Å². The number of amides is 1. The standard InChI is InChI=1S/C24H23Cl2N3O3/c1-2-31-22-13-18(14-28-29-23(30)15-27-20-6-4-3-5-7-20)12-21(26)24(22)32-16-17-8-10-19(25)11-9-17/h3-14,27H,2,15-16H2,1H3,(H,29,30)/b28-14-. The summed E-state index contributed by atoms with van der Waals surface area (Å²) in [6.07, 6.45) is 1.50. The Balaban J connectivity index is 1.61. The van der Waals surface area contributed by atoms with Crippen LogP contribution in [-0.2, 0) is 11.4 Å². The largest absolute Gasteiger partial charge is 0.490 e. The number of hydrogen-bond acceptors (Lipinski definition) is 5. The maximum Gasteiger partial charge on any atom is 0.259 e. The summed E-state index contributed by atoms with van der Waals surface area (Å²) in [5.41, 5.74) is 4.95. The van der Waals surface area contributed by atoms with E-state index in [-0.39, 0.29) is 12.5 Å². The lowest BCUT2D eigenvalue weighted by Gasteiger charge is -2.14. The third-order valence-corrected chi connectivity index (χ3v) is 4.79. The molecule has 166 valence electrons. The van der Waals surface area contributed by atoms with E-state index >= 15 is 0 Å². The number of benzene rings is 3. The molecule has 0 saturated carbocycles. The first-order valence-electron chi connectivity index (χ1n) is 9.99. The Morgan fingerprint density at radius 2 is 1.78 bits per heavy atom. The van der Waals surface area contributed by atoms with Crippen molar-refractivity contribution in [3.05, 3.63) is 87.9 Å². The third-order valence-electron chi connectivity index (χ3n) is 4.26. The van der Waals surface area contributed by atoms with Crippen LogP contribution >= 0.6 is 23.2 Å². The molecule has 6 nitrogen and oxygen atoms in total. The molecule has 0 aliphatic rings. The molecule has 3 aromatic carbocycles. The molecule has 0 aliphatic heterocycles. The molecule has 0 unspecified atom stereocenters. The highest BCUT2D eigenvalue weighted by Crippen LogP contribution is 2.37. The van der Waals surface area contributed by atoms with Gasteiger partial charge in [-0.15, -0.1) is 0 Å². The van der Waals surface area contributed by atoms with E-state index in [4.69, 9.17) is 32.7 Å². The molecule has 3 aromatic rings. The van der Waals surface area contributed by atoms with Gasteiger partial charge in [0.15, 0.2) is 11.5 Å². The van der Waals surface area contributed by atoms with Crippen LogP contribution in [0.3, 0.4) is 0 Å². The molecule has 0 aliphatic carbocycles. The lowest BCUT2D eigenvalue weighted by Crippen LogP contribution is -2.25. The lowest BCUT2D eigenvalue weighted by atomic mass is 10.2. The van der Waals surface area contributed by atoms with Crippen molar-refractivity contribution in [3.63, 3.8) is 0 Å². The zero-order chi connectivity index (χ0) is 22.8. The Labute approximate surface area is 197 Å². The normalized spacial score (nSPS) is 10.7. The number of nitrogens with one attached hydrogen (secondary N) is 2. The molecular formula is C24H23Cl2N3O3. The first-order valence-corrected chi connectivity index (χ1v) is 10.7. The highest BCUT2D eigenvalue weighted by atomic mass is 35.5. The van der Waals surface area contributed by atoms with E-state index in [1.165, 1.54) is 6.21 Å². The van der Waals surface area contributed by atoms with Gasteiger partial charge >= 0.3 is 0 Å². The Morgan fingerprint density at radius 1 is 1.03 bits per heavy atom. The molecule has 2 N–H and O–H groups in total. The van der Waals surface area contributed by atoms with Crippen molar-refractivity contribution in [1.82, 2.24) is 5.43 Å². The number of hydrazone groups is 1. The van der Waals surface area contributed by atoms with Gasteiger partial charge in [-0.3, -0.25) is 4.79 Å². The second-order valence-corrected chi connectivity index (χ2v) is 7.53. The summed E-state index contributed by atoms with van der Waals surface area (Å²) in [5, 5.41) is 8.05. The fraction of sp³-hybridized carbons (Fsp3) is 0.167. The first kappa shape index (κ1) is 23.4. The van der Waals surface area contributed by atoms with Gasteiger partial charge in [0.25, 0.3) is 5.91 Å². The monoisotopic (exact) mass is 471 g/mol. The number of halogens is 2. The molecule has 1 amide bonds. The van der Waals surface area contributed by atoms with E-state index in [2.05, 4.69) is 15.8 Å². The topological polar surface area (TPSA) is 72.0 Å². The van der Waals surface area contributed by atoms with E-state index < -0.39 is 0 Å². The Morgan fingerprint density at radius 3 is 2.50 bits per heavy atom. The predicted octanol–water partition coefficient (Wildman–Crippen LogP) is 5.53. The number of para-hydroxylation sites is 1.